The van der Waals surface area contributed by atoms with Gasteiger partial charge in [0.2, 0.25) is 0 Å². The molecule has 1 aromatic rings. The minimum absolute atomic E-state index is 0.156. The summed E-state index contributed by atoms with van der Waals surface area (Å²) in [6, 6.07) is 3.72. The summed E-state index contributed by atoms with van der Waals surface area (Å²) in [6.07, 6.45) is 3.04. The number of rotatable bonds is 4. The average Bonchev–Trinajstić information content (AvgIpc) is 3.08. The first-order valence-corrected chi connectivity index (χ1v) is 7.69. The fraction of sp³-hybridized carbons (Fsp3) is 0.600. The predicted octanol–water partition coefficient (Wildman–Crippen LogP) is 3.07. The highest BCUT2D eigenvalue weighted by molar-refractivity contribution is 9.10. The van der Waals surface area contributed by atoms with Crippen LogP contribution in [0.4, 0.5) is 0 Å². The zero-order valence-electron chi connectivity index (χ0n) is 11.6. The van der Waals surface area contributed by atoms with E-state index < -0.39 is 6.10 Å². The van der Waals surface area contributed by atoms with Crippen molar-refractivity contribution >= 4 is 15.9 Å². The first kappa shape index (κ1) is 14.2. The van der Waals surface area contributed by atoms with Gasteiger partial charge >= 0.3 is 0 Å². The van der Waals surface area contributed by atoms with E-state index in [0.717, 1.165) is 29.3 Å². The summed E-state index contributed by atoms with van der Waals surface area (Å²) >= 11 is 3.48. The van der Waals surface area contributed by atoms with Gasteiger partial charge in [0.25, 0.3) is 0 Å². The average molecular weight is 343 g/mol. The van der Waals surface area contributed by atoms with Crippen LogP contribution < -0.4 is 9.47 Å². The molecule has 1 aromatic carbocycles. The quantitative estimate of drug-likeness (QED) is 0.913. The van der Waals surface area contributed by atoms with Crippen LogP contribution in [0.15, 0.2) is 16.6 Å². The Kier molecular flexibility index (Phi) is 3.93. The maximum Gasteiger partial charge on any atom is 0.142 e. The van der Waals surface area contributed by atoms with E-state index in [-0.39, 0.29) is 12.0 Å². The molecule has 2 fully saturated rings. The Morgan fingerprint density at radius 1 is 1.30 bits per heavy atom. The summed E-state index contributed by atoms with van der Waals surface area (Å²) in [7, 11) is 3.21. The normalized spacial score (nSPS) is 29.5. The number of methoxy groups -OCH3 is 2. The molecule has 4 unspecified atom stereocenters. The van der Waals surface area contributed by atoms with Crippen LogP contribution in [0.1, 0.15) is 30.9 Å². The van der Waals surface area contributed by atoms with Crippen molar-refractivity contribution in [3.05, 3.63) is 22.2 Å². The van der Waals surface area contributed by atoms with Crippen molar-refractivity contribution in [3.63, 3.8) is 0 Å². The number of aliphatic hydroxyl groups excluding tert-OH is 1. The molecular weight excluding hydrogens is 324 g/mol. The van der Waals surface area contributed by atoms with Crippen LogP contribution in [0.2, 0.25) is 0 Å². The molecule has 2 heterocycles. The van der Waals surface area contributed by atoms with Crippen molar-refractivity contribution in [2.45, 2.75) is 37.6 Å². The van der Waals surface area contributed by atoms with Crippen molar-refractivity contribution in [1.82, 2.24) is 0 Å². The smallest absolute Gasteiger partial charge is 0.142 e. The lowest BCUT2D eigenvalue weighted by atomic mass is 9.82. The predicted molar refractivity (Wildman–Crippen MR) is 78.2 cm³/mol. The second-order valence-corrected chi connectivity index (χ2v) is 6.22. The number of fused-ring (bicyclic) bond motifs is 2. The third kappa shape index (κ3) is 2.22. The first-order chi connectivity index (χ1) is 9.65. The standard InChI is InChI=1S/C15H19BrO4/c1-18-12-6-4-9(15(19-2)13(12)16)14(17)10-7-8-3-5-11(10)20-8/h4,6,8,10-11,14,17H,3,5,7H2,1-2H3. The van der Waals surface area contributed by atoms with Crippen molar-refractivity contribution in [2.24, 2.45) is 5.92 Å². The summed E-state index contributed by atoms with van der Waals surface area (Å²) in [4.78, 5) is 0. The van der Waals surface area contributed by atoms with Crippen LogP contribution in [0.25, 0.3) is 0 Å². The highest BCUT2D eigenvalue weighted by Gasteiger charge is 2.45. The lowest BCUT2D eigenvalue weighted by Crippen LogP contribution is -2.24. The molecule has 1 N–H and O–H groups in total. The molecule has 110 valence electrons. The Hall–Kier alpha value is -0.780. The third-order valence-electron chi connectivity index (χ3n) is 4.39. The fourth-order valence-electron chi connectivity index (χ4n) is 3.39. The minimum Gasteiger partial charge on any atom is -0.495 e. The monoisotopic (exact) mass is 342 g/mol. The van der Waals surface area contributed by atoms with Crippen LogP contribution >= 0.6 is 15.9 Å². The number of aliphatic hydroxyl groups is 1. The molecular formula is C15H19BrO4. The maximum atomic E-state index is 10.7. The van der Waals surface area contributed by atoms with E-state index in [2.05, 4.69) is 15.9 Å². The molecule has 3 rings (SSSR count). The van der Waals surface area contributed by atoms with Gasteiger partial charge in [-0.15, -0.1) is 0 Å². The largest absolute Gasteiger partial charge is 0.495 e. The molecule has 4 atom stereocenters. The Morgan fingerprint density at radius 3 is 2.65 bits per heavy atom. The highest BCUT2D eigenvalue weighted by atomic mass is 79.9. The summed E-state index contributed by atoms with van der Waals surface area (Å²) in [5.41, 5.74) is 0.793. The van der Waals surface area contributed by atoms with Gasteiger partial charge in [-0.2, -0.15) is 0 Å². The van der Waals surface area contributed by atoms with Crippen molar-refractivity contribution in [2.75, 3.05) is 14.2 Å². The zero-order valence-corrected chi connectivity index (χ0v) is 13.2. The van der Waals surface area contributed by atoms with Gasteiger partial charge < -0.3 is 19.3 Å². The van der Waals surface area contributed by atoms with E-state index in [1.807, 2.05) is 12.1 Å². The molecule has 0 saturated carbocycles. The van der Waals surface area contributed by atoms with E-state index in [4.69, 9.17) is 14.2 Å². The molecule has 2 saturated heterocycles. The third-order valence-corrected chi connectivity index (χ3v) is 5.14. The van der Waals surface area contributed by atoms with Crippen LogP contribution in [-0.2, 0) is 4.74 Å². The maximum absolute atomic E-state index is 10.7. The molecule has 0 radical (unpaired) electrons. The topological polar surface area (TPSA) is 47.9 Å². The van der Waals surface area contributed by atoms with E-state index >= 15 is 0 Å². The highest BCUT2D eigenvalue weighted by Crippen LogP contribution is 2.48. The second-order valence-electron chi connectivity index (χ2n) is 5.42. The van der Waals surface area contributed by atoms with Crippen LogP contribution in [0.5, 0.6) is 11.5 Å². The lowest BCUT2D eigenvalue weighted by Gasteiger charge is -2.26. The number of halogens is 1. The van der Waals surface area contributed by atoms with Gasteiger partial charge in [-0.3, -0.25) is 0 Å². The van der Waals surface area contributed by atoms with Crippen molar-refractivity contribution in [1.29, 1.82) is 0 Å². The summed E-state index contributed by atoms with van der Waals surface area (Å²) in [6.45, 7) is 0. The fourth-order valence-corrected chi connectivity index (χ4v) is 4.08. The van der Waals surface area contributed by atoms with Gasteiger partial charge in [0.15, 0.2) is 0 Å². The van der Waals surface area contributed by atoms with Gasteiger partial charge in [0, 0.05) is 11.5 Å². The molecule has 20 heavy (non-hydrogen) atoms. The molecule has 0 amide bonds. The van der Waals surface area contributed by atoms with Gasteiger partial charge in [-0.1, -0.05) is 0 Å². The minimum atomic E-state index is -0.567. The second kappa shape index (κ2) is 5.54. The molecule has 2 aliphatic heterocycles. The lowest BCUT2D eigenvalue weighted by molar-refractivity contribution is 0.0411. The Bertz CT molecular complexity index is 505. The molecule has 4 nitrogen and oxygen atoms in total. The summed E-state index contributed by atoms with van der Waals surface area (Å²) < 4.78 is 17.3. The molecule has 2 bridgehead atoms. The van der Waals surface area contributed by atoms with Gasteiger partial charge in [0.1, 0.15) is 16.0 Å². The molecule has 5 heteroatoms. The molecule has 0 aromatic heterocycles. The first-order valence-electron chi connectivity index (χ1n) is 6.89. The van der Waals surface area contributed by atoms with E-state index in [1.165, 1.54) is 0 Å². The Labute approximate surface area is 127 Å². The Balaban J connectivity index is 1.91. The SMILES string of the molecule is COc1ccc(C(O)C2CC3CCC2O3)c(OC)c1Br. The van der Waals surface area contributed by atoms with Crippen molar-refractivity contribution in [3.8, 4) is 11.5 Å². The number of benzene rings is 1. The molecule has 0 aliphatic carbocycles. The van der Waals surface area contributed by atoms with Crippen LogP contribution in [-0.4, -0.2) is 31.5 Å². The number of ether oxygens (including phenoxy) is 3. The summed E-state index contributed by atoms with van der Waals surface area (Å²) in [5.74, 6) is 1.49. The molecule has 0 spiro atoms. The van der Waals surface area contributed by atoms with Crippen LogP contribution in [0.3, 0.4) is 0 Å². The number of hydrogen-bond acceptors (Lipinski definition) is 4. The Morgan fingerprint density at radius 2 is 2.10 bits per heavy atom. The van der Waals surface area contributed by atoms with Gasteiger partial charge in [-0.05, 0) is 47.3 Å². The van der Waals surface area contributed by atoms with E-state index in [1.54, 1.807) is 14.2 Å². The van der Waals surface area contributed by atoms with Gasteiger partial charge in [0.05, 0.1) is 32.5 Å². The van der Waals surface area contributed by atoms with Gasteiger partial charge in [-0.25, -0.2) is 0 Å². The molecule has 2 aliphatic rings. The number of hydrogen-bond donors (Lipinski definition) is 1. The van der Waals surface area contributed by atoms with Crippen molar-refractivity contribution < 1.29 is 19.3 Å². The summed E-state index contributed by atoms with van der Waals surface area (Å²) in [5, 5.41) is 10.7. The zero-order chi connectivity index (χ0) is 14.3. The van der Waals surface area contributed by atoms with Crippen LogP contribution in [0, 0.1) is 5.92 Å². The van der Waals surface area contributed by atoms with E-state index in [0.29, 0.717) is 17.6 Å². The van der Waals surface area contributed by atoms with E-state index in [9.17, 15) is 5.11 Å².